The Morgan fingerprint density at radius 2 is 2.00 bits per heavy atom. The van der Waals surface area contributed by atoms with Gasteiger partial charge in [0.25, 0.3) is 0 Å². The second-order valence-electron chi connectivity index (χ2n) is 2.00. The minimum atomic E-state index is 0.0185. The Hall–Kier alpha value is -0.500. The molecule has 0 aromatic rings. The van der Waals surface area contributed by atoms with Crippen molar-refractivity contribution in [3.8, 4) is 0 Å². The van der Waals surface area contributed by atoms with E-state index in [2.05, 4.69) is 6.58 Å². The van der Waals surface area contributed by atoms with Gasteiger partial charge in [0.05, 0.1) is 6.61 Å². The van der Waals surface area contributed by atoms with Gasteiger partial charge in [0.1, 0.15) is 11.9 Å². The van der Waals surface area contributed by atoms with E-state index in [4.69, 9.17) is 9.47 Å². The molecule has 10 heavy (non-hydrogen) atoms. The predicted molar refractivity (Wildman–Crippen MR) is 41.9 cm³/mol. The van der Waals surface area contributed by atoms with E-state index >= 15 is 0 Å². The molecular weight excluding hydrogens is 128 g/mol. The third-order valence-corrected chi connectivity index (χ3v) is 1.20. The van der Waals surface area contributed by atoms with E-state index in [1.54, 1.807) is 0 Å². The summed E-state index contributed by atoms with van der Waals surface area (Å²) in [7, 11) is 0. The first-order chi connectivity index (χ1) is 4.72. The molecule has 0 heterocycles. The standard InChI is InChI=1S/C8H16O2/c1-5-9-7(3)8(4)10-6-2/h8H,3,5-6H2,1-2,4H3. The minimum Gasteiger partial charge on any atom is -0.496 e. The number of hydrogen-bond donors (Lipinski definition) is 0. The van der Waals surface area contributed by atoms with Gasteiger partial charge in [0.15, 0.2) is 0 Å². The highest BCUT2D eigenvalue weighted by Crippen LogP contribution is 2.04. The molecule has 0 aliphatic heterocycles. The van der Waals surface area contributed by atoms with Gasteiger partial charge in [-0.2, -0.15) is 0 Å². The van der Waals surface area contributed by atoms with Crippen molar-refractivity contribution < 1.29 is 9.47 Å². The lowest BCUT2D eigenvalue weighted by Crippen LogP contribution is -2.12. The highest BCUT2D eigenvalue weighted by Gasteiger charge is 2.04. The summed E-state index contributed by atoms with van der Waals surface area (Å²) >= 11 is 0. The number of ether oxygens (including phenoxy) is 2. The van der Waals surface area contributed by atoms with Crippen molar-refractivity contribution in [2.24, 2.45) is 0 Å². The fourth-order valence-corrected chi connectivity index (χ4v) is 0.646. The van der Waals surface area contributed by atoms with Crippen LogP contribution in [0.4, 0.5) is 0 Å². The summed E-state index contributed by atoms with van der Waals surface area (Å²) in [4.78, 5) is 0. The normalized spacial score (nSPS) is 12.7. The zero-order valence-corrected chi connectivity index (χ0v) is 7.02. The third-order valence-electron chi connectivity index (χ3n) is 1.20. The summed E-state index contributed by atoms with van der Waals surface area (Å²) in [5.74, 6) is 0.712. The summed E-state index contributed by atoms with van der Waals surface area (Å²) in [6.07, 6.45) is 0.0185. The molecule has 0 N–H and O–H groups in total. The van der Waals surface area contributed by atoms with Gasteiger partial charge in [-0.3, -0.25) is 0 Å². The Bertz CT molecular complexity index is 99.4. The van der Waals surface area contributed by atoms with Gasteiger partial charge in [-0.05, 0) is 20.8 Å². The van der Waals surface area contributed by atoms with Crippen LogP contribution in [0.1, 0.15) is 20.8 Å². The van der Waals surface area contributed by atoms with Crippen molar-refractivity contribution in [1.29, 1.82) is 0 Å². The van der Waals surface area contributed by atoms with E-state index in [1.165, 1.54) is 0 Å². The lowest BCUT2D eigenvalue weighted by molar-refractivity contribution is 0.0505. The Balaban J connectivity index is 3.49. The van der Waals surface area contributed by atoms with Crippen LogP contribution in [0.3, 0.4) is 0 Å². The monoisotopic (exact) mass is 144 g/mol. The third kappa shape index (κ3) is 3.51. The van der Waals surface area contributed by atoms with Crippen LogP contribution in [0.5, 0.6) is 0 Å². The van der Waals surface area contributed by atoms with Crippen LogP contribution < -0.4 is 0 Å². The smallest absolute Gasteiger partial charge is 0.117 e. The van der Waals surface area contributed by atoms with E-state index in [0.717, 1.165) is 0 Å². The molecule has 0 radical (unpaired) electrons. The van der Waals surface area contributed by atoms with Crippen LogP contribution in [0.15, 0.2) is 12.3 Å². The minimum absolute atomic E-state index is 0.0185. The predicted octanol–water partition coefficient (Wildman–Crippen LogP) is 1.96. The van der Waals surface area contributed by atoms with Crippen LogP contribution in [-0.4, -0.2) is 19.3 Å². The van der Waals surface area contributed by atoms with Crippen molar-refractivity contribution in [2.75, 3.05) is 13.2 Å². The van der Waals surface area contributed by atoms with E-state index < -0.39 is 0 Å². The molecule has 0 aromatic carbocycles. The molecule has 0 aliphatic rings. The first-order valence-corrected chi connectivity index (χ1v) is 3.65. The largest absolute Gasteiger partial charge is 0.496 e. The Labute approximate surface area is 62.8 Å². The van der Waals surface area contributed by atoms with Gasteiger partial charge < -0.3 is 9.47 Å². The van der Waals surface area contributed by atoms with Crippen LogP contribution in [0.2, 0.25) is 0 Å². The quantitative estimate of drug-likeness (QED) is 0.549. The molecule has 0 saturated heterocycles. The van der Waals surface area contributed by atoms with Crippen LogP contribution in [0.25, 0.3) is 0 Å². The second kappa shape index (κ2) is 5.30. The molecule has 2 nitrogen and oxygen atoms in total. The highest BCUT2D eigenvalue weighted by atomic mass is 16.5. The average molecular weight is 144 g/mol. The van der Waals surface area contributed by atoms with Gasteiger partial charge in [0.2, 0.25) is 0 Å². The second-order valence-corrected chi connectivity index (χ2v) is 2.00. The van der Waals surface area contributed by atoms with E-state index in [9.17, 15) is 0 Å². The van der Waals surface area contributed by atoms with Gasteiger partial charge in [-0.25, -0.2) is 0 Å². The maximum atomic E-state index is 5.23. The SMILES string of the molecule is C=C(OCC)C(C)OCC. The van der Waals surface area contributed by atoms with E-state index in [-0.39, 0.29) is 6.10 Å². The Kier molecular flexibility index (Phi) is 5.03. The summed E-state index contributed by atoms with van der Waals surface area (Å²) in [6.45, 7) is 10.9. The molecule has 60 valence electrons. The zero-order valence-electron chi connectivity index (χ0n) is 7.02. The summed E-state index contributed by atoms with van der Waals surface area (Å²) < 4.78 is 10.4. The average Bonchev–Trinajstić information content (AvgIpc) is 1.89. The molecule has 0 rings (SSSR count). The molecule has 2 heteroatoms. The number of hydrogen-bond acceptors (Lipinski definition) is 2. The zero-order chi connectivity index (χ0) is 7.98. The molecule has 0 aliphatic carbocycles. The highest BCUT2D eigenvalue weighted by molar-refractivity contribution is 4.89. The Morgan fingerprint density at radius 1 is 1.40 bits per heavy atom. The van der Waals surface area contributed by atoms with Gasteiger partial charge >= 0.3 is 0 Å². The van der Waals surface area contributed by atoms with Gasteiger partial charge in [-0.1, -0.05) is 6.58 Å². The molecule has 0 amide bonds. The molecule has 0 aromatic heterocycles. The van der Waals surface area contributed by atoms with Crippen molar-refractivity contribution in [3.63, 3.8) is 0 Å². The summed E-state index contributed by atoms with van der Waals surface area (Å²) in [5, 5.41) is 0. The van der Waals surface area contributed by atoms with E-state index in [1.807, 2.05) is 20.8 Å². The lowest BCUT2D eigenvalue weighted by Gasteiger charge is -2.14. The van der Waals surface area contributed by atoms with Crippen LogP contribution in [-0.2, 0) is 9.47 Å². The topological polar surface area (TPSA) is 18.5 Å². The molecule has 0 saturated carbocycles. The molecular formula is C8H16O2. The van der Waals surface area contributed by atoms with Crippen molar-refractivity contribution in [3.05, 3.63) is 12.3 Å². The van der Waals surface area contributed by atoms with Gasteiger partial charge in [0, 0.05) is 6.61 Å². The lowest BCUT2D eigenvalue weighted by atomic mass is 10.3. The molecule has 0 fully saturated rings. The first kappa shape index (κ1) is 9.50. The Morgan fingerprint density at radius 3 is 2.40 bits per heavy atom. The summed E-state index contributed by atoms with van der Waals surface area (Å²) in [5.41, 5.74) is 0. The van der Waals surface area contributed by atoms with Crippen LogP contribution >= 0.6 is 0 Å². The maximum Gasteiger partial charge on any atom is 0.117 e. The van der Waals surface area contributed by atoms with Crippen molar-refractivity contribution >= 4 is 0 Å². The maximum absolute atomic E-state index is 5.23. The molecule has 0 spiro atoms. The summed E-state index contributed by atoms with van der Waals surface area (Å²) in [6, 6.07) is 0. The van der Waals surface area contributed by atoms with Crippen LogP contribution in [0, 0.1) is 0 Å². The van der Waals surface area contributed by atoms with Crippen molar-refractivity contribution in [2.45, 2.75) is 26.9 Å². The molecule has 1 unspecified atom stereocenters. The molecule has 0 bridgehead atoms. The van der Waals surface area contributed by atoms with Gasteiger partial charge in [-0.15, -0.1) is 0 Å². The van der Waals surface area contributed by atoms with Crippen molar-refractivity contribution in [1.82, 2.24) is 0 Å². The molecule has 1 atom stereocenters. The van der Waals surface area contributed by atoms with E-state index in [0.29, 0.717) is 19.0 Å². The fourth-order valence-electron chi connectivity index (χ4n) is 0.646. The first-order valence-electron chi connectivity index (χ1n) is 3.65. The fraction of sp³-hybridized carbons (Fsp3) is 0.750. The number of rotatable bonds is 5.